The average Bonchev–Trinajstić information content (AvgIpc) is 3.29. The molecule has 3 heterocycles. The highest BCUT2D eigenvalue weighted by Gasteiger charge is 2.10. The number of pyridine rings is 1. The molecule has 0 aliphatic carbocycles. The van der Waals surface area contributed by atoms with E-state index >= 15 is 0 Å². The van der Waals surface area contributed by atoms with Gasteiger partial charge in [0.1, 0.15) is 0 Å². The minimum Gasteiger partial charge on any atom is -0.357 e. The molecule has 0 saturated heterocycles. The van der Waals surface area contributed by atoms with Gasteiger partial charge in [-0.2, -0.15) is 5.10 Å². The number of nitrogens with one attached hydrogen (secondary N) is 1. The Bertz CT molecular complexity index is 899. The maximum Gasteiger partial charge on any atom is 0.194 e. The fraction of sp³-hybridized carbons (Fsp3) is 0.316. The van der Waals surface area contributed by atoms with E-state index in [1.807, 2.05) is 38.5 Å². The third kappa shape index (κ3) is 4.97. The van der Waals surface area contributed by atoms with Crippen molar-refractivity contribution in [2.24, 2.45) is 12.0 Å². The second-order valence-electron chi connectivity index (χ2n) is 6.26. The second kappa shape index (κ2) is 8.85. The van der Waals surface area contributed by atoms with Gasteiger partial charge in [-0.1, -0.05) is 0 Å². The molecule has 0 atom stereocenters. The zero-order chi connectivity index (χ0) is 19.2. The molecule has 7 nitrogen and oxygen atoms in total. The van der Waals surface area contributed by atoms with Gasteiger partial charge in [-0.3, -0.25) is 0 Å². The van der Waals surface area contributed by atoms with Gasteiger partial charge >= 0.3 is 0 Å². The molecule has 0 aliphatic heterocycles. The first-order valence-electron chi connectivity index (χ1n) is 8.82. The van der Waals surface area contributed by atoms with Gasteiger partial charge in [0.05, 0.1) is 13.1 Å². The van der Waals surface area contributed by atoms with Crippen molar-refractivity contribution < 1.29 is 0 Å². The third-order valence-electron chi connectivity index (χ3n) is 4.13. The van der Waals surface area contributed by atoms with Crippen molar-refractivity contribution in [3.8, 4) is 5.82 Å². The van der Waals surface area contributed by atoms with Gasteiger partial charge in [0.25, 0.3) is 0 Å². The second-order valence-corrected chi connectivity index (χ2v) is 7.18. The van der Waals surface area contributed by atoms with Crippen LogP contribution in [0.25, 0.3) is 5.82 Å². The summed E-state index contributed by atoms with van der Waals surface area (Å²) in [5.74, 6) is 1.66. The van der Waals surface area contributed by atoms with E-state index in [4.69, 9.17) is 4.99 Å². The first-order valence-corrected chi connectivity index (χ1v) is 9.61. The lowest BCUT2D eigenvalue weighted by Gasteiger charge is -2.22. The highest BCUT2D eigenvalue weighted by Crippen LogP contribution is 2.15. The number of hydrogen-bond donors (Lipinski definition) is 1. The zero-order valence-corrected chi connectivity index (χ0v) is 17.4. The molecule has 0 aromatic carbocycles. The Balaban J connectivity index is 1.73. The molecule has 0 spiro atoms. The standard InChI is InChI=1S/C19H24BrN7/c1-4-21-19(26(3)14-17-11-16(20)13-25(17)2)23-12-15-6-8-22-18(10-15)27-9-5-7-24-27/h5-11,13H,4,12,14H2,1-3H3,(H,21,23). The van der Waals surface area contributed by atoms with Crippen LogP contribution in [0.5, 0.6) is 0 Å². The Labute approximate surface area is 167 Å². The zero-order valence-electron chi connectivity index (χ0n) is 15.8. The summed E-state index contributed by atoms with van der Waals surface area (Å²) in [7, 11) is 4.09. The van der Waals surface area contributed by atoms with Crippen molar-refractivity contribution in [3.05, 3.63) is 64.8 Å². The minimum atomic E-state index is 0.570. The van der Waals surface area contributed by atoms with Crippen LogP contribution in [0.2, 0.25) is 0 Å². The van der Waals surface area contributed by atoms with Crippen LogP contribution < -0.4 is 5.32 Å². The summed E-state index contributed by atoms with van der Waals surface area (Å²) >= 11 is 3.53. The smallest absolute Gasteiger partial charge is 0.194 e. The van der Waals surface area contributed by atoms with E-state index in [1.54, 1.807) is 17.1 Å². The fourth-order valence-electron chi connectivity index (χ4n) is 2.77. The maximum atomic E-state index is 4.79. The summed E-state index contributed by atoms with van der Waals surface area (Å²) in [6.45, 7) is 4.22. The largest absolute Gasteiger partial charge is 0.357 e. The van der Waals surface area contributed by atoms with Crippen molar-refractivity contribution in [2.75, 3.05) is 13.6 Å². The molecular formula is C19H24BrN7. The van der Waals surface area contributed by atoms with Crippen molar-refractivity contribution >= 4 is 21.9 Å². The number of nitrogens with zero attached hydrogens (tertiary/aromatic N) is 6. The van der Waals surface area contributed by atoms with Crippen LogP contribution in [0.1, 0.15) is 18.2 Å². The SMILES string of the molecule is CCNC(=NCc1ccnc(-n2cccn2)c1)N(C)Cc1cc(Br)cn1C. The molecule has 0 aliphatic rings. The van der Waals surface area contributed by atoms with E-state index in [0.29, 0.717) is 6.54 Å². The molecular weight excluding hydrogens is 406 g/mol. The van der Waals surface area contributed by atoms with E-state index in [2.05, 4.69) is 60.0 Å². The summed E-state index contributed by atoms with van der Waals surface area (Å²) < 4.78 is 4.94. The van der Waals surface area contributed by atoms with Gasteiger partial charge in [-0.15, -0.1) is 0 Å². The van der Waals surface area contributed by atoms with Crippen LogP contribution in [0.15, 0.2) is 58.5 Å². The Morgan fingerprint density at radius 1 is 1.33 bits per heavy atom. The van der Waals surface area contributed by atoms with Crippen molar-refractivity contribution in [2.45, 2.75) is 20.0 Å². The highest BCUT2D eigenvalue weighted by atomic mass is 79.9. The maximum absolute atomic E-state index is 4.79. The quantitative estimate of drug-likeness (QED) is 0.483. The van der Waals surface area contributed by atoms with E-state index in [-0.39, 0.29) is 0 Å². The van der Waals surface area contributed by atoms with Crippen LogP contribution in [0.4, 0.5) is 0 Å². The molecule has 1 N–H and O–H groups in total. The number of rotatable bonds is 6. The van der Waals surface area contributed by atoms with Crippen LogP contribution in [0, 0.1) is 0 Å². The van der Waals surface area contributed by atoms with Crippen LogP contribution in [-0.2, 0) is 20.1 Å². The lowest BCUT2D eigenvalue weighted by Crippen LogP contribution is -2.38. The molecule has 3 aromatic rings. The predicted molar refractivity (Wildman–Crippen MR) is 111 cm³/mol. The molecule has 0 saturated carbocycles. The Morgan fingerprint density at radius 3 is 2.85 bits per heavy atom. The van der Waals surface area contributed by atoms with E-state index in [9.17, 15) is 0 Å². The Kier molecular flexibility index (Phi) is 6.28. The van der Waals surface area contributed by atoms with Crippen molar-refractivity contribution in [1.82, 2.24) is 29.5 Å². The molecule has 0 bridgehead atoms. The average molecular weight is 430 g/mol. The summed E-state index contributed by atoms with van der Waals surface area (Å²) in [5, 5.41) is 7.59. The van der Waals surface area contributed by atoms with Gasteiger partial charge in [-0.25, -0.2) is 14.7 Å². The topological polar surface area (TPSA) is 63.3 Å². The molecule has 142 valence electrons. The Hall–Kier alpha value is -2.61. The molecule has 3 aromatic heterocycles. The monoisotopic (exact) mass is 429 g/mol. The number of aliphatic imine (C=N–C) groups is 1. The van der Waals surface area contributed by atoms with E-state index in [0.717, 1.165) is 34.9 Å². The fourth-order valence-corrected chi connectivity index (χ4v) is 3.34. The number of halogens is 1. The van der Waals surface area contributed by atoms with Gasteiger partial charge in [0.2, 0.25) is 0 Å². The first kappa shape index (κ1) is 19.2. The molecule has 27 heavy (non-hydrogen) atoms. The molecule has 0 amide bonds. The van der Waals surface area contributed by atoms with Gasteiger partial charge in [0.15, 0.2) is 11.8 Å². The Morgan fingerprint density at radius 2 is 2.19 bits per heavy atom. The lowest BCUT2D eigenvalue weighted by atomic mass is 10.2. The molecule has 8 heteroatoms. The predicted octanol–water partition coefficient (Wildman–Crippen LogP) is 2.97. The normalized spacial score (nSPS) is 11.6. The van der Waals surface area contributed by atoms with Gasteiger partial charge in [-0.05, 0) is 52.7 Å². The number of aromatic nitrogens is 4. The van der Waals surface area contributed by atoms with Crippen LogP contribution in [-0.4, -0.2) is 43.8 Å². The van der Waals surface area contributed by atoms with Gasteiger partial charge < -0.3 is 14.8 Å². The number of hydrogen-bond acceptors (Lipinski definition) is 3. The lowest BCUT2D eigenvalue weighted by molar-refractivity contribution is 0.462. The van der Waals surface area contributed by atoms with E-state index < -0.39 is 0 Å². The van der Waals surface area contributed by atoms with Crippen LogP contribution in [0.3, 0.4) is 0 Å². The summed E-state index contributed by atoms with van der Waals surface area (Å²) in [6.07, 6.45) is 7.47. The number of aryl methyl sites for hydroxylation is 1. The molecule has 0 unspecified atom stereocenters. The summed E-state index contributed by atoms with van der Waals surface area (Å²) in [5.41, 5.74) is 2.29. The highest BCUT2D eigenvalue weighted by molar-refractivity contribution is 9.10. The minimum absolute atomic E-state index is 0.570. The van der Waals surface area contributed by atoms with Crippen LogP contribution >= 0.6 is 15.9 Å². The summed E-state index contributed by atoms with van der Waals surface area (Å²) in [6, 6.07) is 7.99. The first-order chi connectivity index (χ1) is 13.1. The third-order valence-corrected chi connectivity index (χ3v) is 4.56. The van der Waals surface area contributed by atoms with Crippen molar-refractivity contribution in [1.29, 1.82) is 0 Å². The molecule has 3 rings (SSSR count). The number of guanidine groups is 1. The molecule has 0 fully saturated rings. The van der Waals surface area contributed by atoms with Crippen molar-refractivity contribution in [3.63, 3.8) is 0 Å². The van der Waals surface area contributed by atoms with Gasteiger partial charge in [0, 0.05) is 55.6 Å². The van der Waals surface area contributed by atoms with E-state index in [1.165, 1.54) is 5.69 Å². The summed E-state index contributed by atoms with van der Waals surface area (Å²) in [4.78, 5) is 11.3. The molecule has 0 radical (unpaired) electrons.